The van der Waals surface area contributed by atoms with E-state index in [0.717, 1.165) is 15.9 Å². The van der Waals surface area contributed by atoms with Crippen LogP contribution in [0.25, 0.3) is 0 Å². The van der Waals surface area contributed by atoms with Crippen LogP contribution < -0.4 is 4.84 Å². The van der Waals surface area contributed by atoms with E-state index in [9.17, 15) is 10.2 Å². The van der Waals surface area contributed by atoms with E-state index in [4.69, 9.17) is 4.84 Å². The highest BCUT2D eigenvalue weighted by molar-refractivity contribution is 8.00. The van der Waals surface area contributed by atoms with Crippen LogP contribution in [0.2, 0.25) is 0 Å². The fraction of sp³-hybridized carbons (Fsp3) is 0.333. The Balaban J connectivity index is 2.27. The predicted octanol–water partition coefficient (Wildman–Crippen LogP) is 1.36. The Morgan fingerprint density at radius 1 is 1.21 bits per heavy atom. The lowest BCUT2D eigenvalue weighted by Crippen LogP contribution is -2.04. The Hall–Kier alpha value is -1.23. The molecule has 14 heavy (non-hydrogen) atoms. The first kappa shape index (κ1) is 8.11. The molecule has 0 spiro atoms. The highest BCUT2D eigenvalue weighted by Crippen LogP contribution is 2.62. The normalized spacial score (nSPS) is 26.9. The highest BCUT2D eigenvalue weighted by Gasteiger charge is 2.42. The molecular formula is C9H9NO3S. The molecule has 0 aliphatic carbocycles. The number of hydrogen-bond donors (Lipinski definition) is 2. The largest absolute Gasteiger partial charge is 0.492 e. The zero-order valence-corrected chi connectivity index (χ0v) is 8.28. The van der Waals surface area contributed by atoms with E-state index in [1.54, 1.807) is 11.8 Å². The molecule has 0 amide bonds. The zero-order valence-electron chi connectivity index (χ0n) is 7.47. The molecule has 0 radical (unpaired) electrons. The van der Waals surface area contributed by atoms with Gasteiger partial charge in [-0.1, -0.05) is 12.2 Å². The molecule has 1 aromatic rings. The third-order valence-corrected chi connectivity index (χ3v) is 4.03. The fourth-order valence-electron chi connectivity index (χ4n) is 2.07. The molecule has 2 bridgehead atoms. The Morgan fingerprint density at radius 2 is 1.71 bits per heavy atom. The molecule has 2 N–H and O–H groups in total. The van der Waals surface area contributed by atoms with E-state index in [2.05, 4.69) is 0 Å². The van der Waals surface area contributed by atoms with Gasteiger partial charge in [-0.3, -0.25) is 0 Å². The quantitative estimate of drug-likeness (QED) is 0.689. The molecule has 3 rings (SSSR count). The zero-order chi connectivity index (χ0) is 9.87. The number of nitrogens with zero attached hydrogens (tertiary/aromatic N) is 1. The van der Waals surface area contributed by atoms with Crippen LogP contribution in [0, 0.1) is 0 Å². The van der Waals surface area contributed by atoms with Crippen LogP contribution in [0.5, 0.6) is 11.8 Å². The summed E-state index contributed by atoms with van der Waals surface area (Å²) in [4.78, 5) is 4.88. The van der Waals surface area contributed by atoms with E-state index in [0.29, 0.717) is 0 Å². The van der Waals surface area contributed by atoms with Crippen molar-refractivity contribution in [1.29, 1.82) is 0 Å². The Kier molecular flexibility index (Phi) is 1.40. The number of aromatic nitrogens is 1. The second-order valence-corrected chi connectivity index (χ2v) is 4.60. The van der Waals surface area contributed by atoms with Crippen LogP contribution in [0.3, 0.4) is 0 Å². The average molecular weight is 211 g/mol. The first-order valence-electron chi connectivity index (χ1n) is 4.28. The minimum Gasteiger partial charge on any atom is -0.492 e. The molecular weight excluding hydrogens is 202 g/mol. The van der Waals surface area contributed by atoms with Crippen molar-refractivity contribution in [3.8, 4) is 11.8 Å². The van der Waals surface area contributed by atoms with Gasteiger partial charge >= 0.3 is 0 Å². The van der Waals surface area contributed by atoms with Crippen molar-refractivity contribution in [3.05, 3.63) is 23.3 Å². The van der Waals surface area contributed by atoms with Gasteiger partial charge in [-0.25, -0.2) is 0 Å². The molecule has 2 unspecified atom stereocenters. The van der Waals surface area contributed by atoms with Crippen LogP contribution in [-0.4, -0.2) is 22.1 Å². The average Bonchev–Trinajstić information content (AvgIpc) is 2.80. The smallest absolute Gasteiger partial charge is 0.234 e. The summed E-state index contributed by atoms with van der Waals surface area (Å²) in [6, 6.07) is 0. The number of rotatable bonds is 1. The molecule has 1 aromatic heterocycles. The molecule has 5 heteroatoms. The lowest BCUT2D eigenvalue weighted by molar-refractivity contribution is 0.119. The minimum absolute atomic E-state index is 0.0179. The van der Waals surface area contributed by atoms with Crippen LogP contribution >= 0.6 is 11.8 Å². The van der Waals surface area contributed by atoms with Crippen molar-refractivity contribution in [3.63, 3.8) is 0 Å². The SMILES string of the molecule is COn1c(O)c2c(c1O)C1C=CC2S1. The van der Waals surface area contributed by atoms with Crippen LogP contribution in [0.1, 0.15) is 21.6 Å². The molecule has 74 valence electrons. The summed E-state index contributed by atoms with van der Waals surface area (Å²) in [6.45, 7) is 0. The van der Waals surface area contributed by atoms with Gasteiger partial charge in [0.2, 0.25) is 11.8 Å². The number of hydrogen-bond acceptors (Lipinski definition) is 4. The molecule has 0 aromatic carbocycles. The number of aromatic hydroxyl groups is 2. The Morgan fingerprint density at radius 3 is 2.14 bits per heavy atom. The maximum Gasteiger partial charge on any atom is 0.234 e. The van der Waals surface area contributed by atoms with Crippen LogP contribution in [-0.2, 0) is 0 Å². The second kappa shape index (κ2) is 2.42. The molecule has 4 nitrogen and oxygen atoms in total. The summed E-state index contributed by atoms with van der Waals surface area (Å²) in [6.07, 6.45) is 4.08. The second-order valence-electron chi connectivity index (χ2n) is 3.31. The van der Waals surface area contributed by atoms with Crippen molar-refractivity contribution in [2.75, 3.05) is 7.11 Å². The highest BCUT2D eigenvalue weighted by atomic mass is 32.2. The van der Waals surface area contributed by atoms with Gasteiger partial charge in [0.1, 0.15) is 7.11 Å². The summed E-state index contributed by atoms with van der Waals surface area (Å²) in [5.41, 5.74) is 1.59. The van der Waals surface area contributed by atoms with E-state index in [1.807, 2.05) is 12.2 Å². The van der Waals surface area contributed by atoms with E-state index in [1.165, 1.54) is 7.11 Å². The maximum absolute atomic E-state index is 9.78. The molecule has 2 aliphatic rings. The number of thioether (sulfide) groups is 1. The first-order chi connectivity index (χ1) is 6.74. The van der Waals surface area contributed by atoms with Gasteiger partial charge in [-0.15, -0.1) is 16.5 Å². The van der Waals surface area contributed by atoms with Crippen molar-refractivity contribution in [1.82, 2.24) is 4.73 Å². The van der Waals surface area contributed by atoms with Crippen molar-refractivity contribution >= 4 is 11.8 Å². The van der Waals surface area contributed by atoms with E-state index >= 15 is 0 Å². The van der Waals surface area contributed by atoms with Gasteiger partial charge in [-0.2, -0.15) is 0 Å². The molecule has 0 fully saturated rings. The summed E-state index contributed by atoms with van der Waals surface area (Å²) >= 11 is 1.71. The summed E-state index contributed by atoms with van der Waals surface area (Å²) in [7, 11) is 1.41. The monoisotopic (exact) mass is 211 g/mol. The van der Waals surface area contributed by atoms with Crippen LogP contribution in [0.4, 0.5) is 0 Å². The van der Waals surface area contributed by atoms with E-state index < -0.39 is 0 Å². The van der Waals surface area contributed by atoms with Gasteiger partial charge in [0.25, 0.3) is 0 Å². The Bertz CT molecular complexity index is 402. The maximum atomic E-state index is 9.78. The van der Waals surface area contributed by atoms with Gasteiger partial charge < -0.3 is 15.1 Å². The summed E-state index contributed by atoms with van der Waals surface area (Å²) in [5, 5.41) is 19.9. The van der Waals surface area contributed by atoms with Crippen molar-refractivity contribution < 1.29 is 15.1 Å². The summed E-state index contributed by atoms with van der Waals surface area (Å²) < 4.78 is 1.07. The van der Waals surface area contributed by atoms with Gasteiger partial charge in [-0.05, 0) is 0 Å². The van der Waals surface area contributed by atoms with Gasteiger partial charge in [0, 0.05) is 11.1 Å². The molecule has 3 heterocycles. The summed E-state index contributed by atoms with van der Waals surface area (Å²) in [5.74, 6) is 0.0358. The molecule has 0 saturated heterocycles. The third-order valence-electron chi connectivity index (χ3n) is 2.66. The van der Waals surface area contributed by atoms with E-state index in [-0.39, 0.29) is 22.3 Å². The standard InChI is InChI=1S/C9H9NO3S/c1-13-10-8(11)6-4-2-3-5(14-4)7(6)9(10)12/h2-5,11-12H,1H3. The van der Waals surface area contributed by atoms with Crippen LogP contribution in [0.15, 0.2) is 12.2 Å². The van der Waals surface area contributed by atoms with Gasteiger partial charge in [0.15, 0.2) is 0 Å². The third kappa shape index (κ3) is 0.721. The first-order valence-corrected chi connectivity index (χ1v) is 5.23. The van der Waals surface area contributed by atoms with Crippen molar-refractivity contribution in [2.24, 2.45) is 0 Å². The lowest BCUT2D eigenvalue weighted by Gasteiger charge is -2.06. The topological polar surface area (TPSA) is 54.6 Å². The molecule has 2 atom stereocenters. The molecule has 0 saturated carbocycles. The fourth-order valence-corrected chi connectivity index (χ4v) is 3.49. The van der Waals surface area contributed by atoms with Crippen molar-refractivity contribution in [2.45, 2.75) is 10.5 Å². The minimum atomic E-state index is 0.0179. The Labute approximate surface area is 84.8 Å². The van der Waals surface area contributed by atoms with Gasteiger partial charge in [0.05, 0.1) is 10.5 Å². The number of fused-ring (bicyclic) bond motifs is 5. The lowest BCUT2D eigenvalue weighted by atomic mass is 10.0. The predicted molar refractivity (Wildman–Crippen MR) is 52.5 cm³/mol. The molecule has 2 aliphatic heterocycles.